The molecule has 21 heteroatoms. The summed E-state index contributed by atoms with van der Waals surface area (Å²) in [5.41, 5.74) is -3.71. The van der Waals surface area contributed by atoms with Crippen LogP contribution in [0.25, 0.3) is 10.1 Å². The lowest BCUT2D eigenvalue weighted by Crippen LogP contribution is -2.58. The van der Waals surface area contributed by atoms with Gasteiger partial charge in [0.25, 0.3) is 11.8 Å². The number of benzene rings is 3. The number of carbonyl (C=O) groups is 7. The zero-order chi connectivity index (χ0) is 51.2. The van der Waals surface area contributed by atoms with Crippen molar-refractivity contribution >= 4 is 92.0 Å². The number of hydrogen-bond acceptors (Lipinski definition) is 9. The maximum Gasteiger partial charge on any atom is 0.399 e. The van der Waals surface area contributed by atoms with E-state index in [1.54, 1.807) is 62.1 Å². The van der Waals surface area contributed by atoms with E-state index in [1.807, 2.05) is 6.07 Å². The Hall–Kier alpha value is -5.84. The highest BCUT2D eigenvalue weighted by atomic mass is 79.9. The molecule has 4 aromatic rings. The third kappa shape index (κ3) is 10.8. The number of amides is 7. The van der Waals surface area contributed by atoms with E-state index < -0.39 is 60.1 Å². The summed E-state index contributed by atoms with van der Waals surface area (Å²) in [5, 5.41) is 5.29. The van der Waals surface area contributed by atoms with E-state index in [-0.39, 0.29) is 78.7 Å². The summed E-state index contributed by atoms with van der Waals surface area (Å²) in [5.74, 6) is 3.87. The first-order valence-electron chi connectivity index (χ1n) is 23.2. The van der Waals surface area contributed by atoms with E-state index >= 15 is 0 Å². The van der Waals surface area contributed by atoms with Gasteiger partial charge in [0.15, 0.2) is 0 Å². The highest BCUT2D eigenvalue weighted by molar-refractivity contribution is 9.10. The smallest absolute Gasteiger partial charge is 0.342 e. The average molecular weight is 1080 g/mol. The fourth-order valence-corrected chi connectivity index (χ4v) is 11.1. The molecular weight excluding hydrogens is 1030 g/mol. The Morgan fingerprint density at radius 1 is 1.01 bits per heavy atom. The molecule has 3 unspecified atom stereocenters. The van der Waals surface area contributed by atoms with Gasteiger partial charge in [-0.05, 0) is 103 Å². The Labute approximate surface area is 420 Å². The van der Waals surface area contributed by atoms with Crippen molar-refractivity contribution in [2.45, 2.75) is 96.1 Å². The molecule has 71 heavy (non-hydrogen) atoms. The molecule has 1 aromatic heterocycles. The maximum absolute atomic E-state index is 14.6. The molecule has 7 amide bonds. The number of anilines is 1. The molecule has 3 saturated heterocycles. The fourth-order valence-electron chi connectivity index (χ4n) is 9.44. The lowest BCUT2D eigenvalue weighted by molar-refractivity contribution is -0.141. The molecule has 0 radical (unpaired) electrons. The zero-order valence-electron chi connectivity index (χ0n) is 39.1. The number of fused-ring (bicyclic) bond motifs is 2. The lowest BCUT2D eigenvalue weighted by atomic mass is 9.85. The van der Waals surface area contributed by atoms with Gasteiger partial charge in [0, 0.05) is 83.5 Å². The van der Waals surface area contributed by atoms with Gasteiger partial charge >= 0.3 is 13.3 Å². The monoisotopic (exact) mass is 1080 g/mol. The minimum atomic E-state index is -5.83. The van der Waals surface area contributed by atoms with Gasteiger partial charge < -0.3 is 34.7 Å². The van der Waals surface area contributed by atoms with Gasteiger partial charge in [0.05, 0.1) is 4.88 Å². The summed E-state index contributed by atoms with van der Waals surface area (Å²) in [4.78, 5) is 119. The van der Waals surface area contributed by atoms with Gasteiger partial charge in [-0.2, -0.15) is 8.78 Å². The first kappa shape index (κ1) is 51.5. The summed E-state index contributed by atoms with van der Waals surface area (Å²) in [6, 6.07) is 14.0. The molecule has 0 bridgehead atoms. The first-order chi connectivity index (χ1) is 33.5. The number of piperidine rings is 1. The third-order valence-corrected chi connectivity index (χ3v) is 16.0. The molecule has 0 saturated carbocycles. The molecule has 3 fully saturated rings. The number of carbonyl (C=O) groups excluding carboxylic acids is 7. The van der Waals surface area contributed by atoms with Crippen molar-refractivity contribution < 1.29 is 56.7 Å². The molecule has 8 rings (SSSR count). The Kier molecular flexibility index (Phi) is 14.8. The fraction of sp³-hybridized carbons (Fsp3) is 0.420. The molecule has 5 heterocycles. The number of likely N-dealkylation sites (tertiary alicyclic amines) is 2. The summed E-state index contributed by atoms with van der Waals surface area (Å²) in [6.45, 7) is 6.86. The van der Waals surface area contributed by atoms with Crippen molar-refractivity contribution in [3.05, 3.63) is 98.3 Å². The van der Waals surface area contributed by atoms with Crippen LogP contribution < -0.4 is 15.5 Å². The predicted octanol–water partition coefficient (Wildman–Crippen LogP) is 6.50. The molecule has 0 spiro atoms. The summed E-state index contributed by atoms with van der Waals surface area (Å²) in [7, 11) is -5.83. The standard InChI is InChI=1S/C50H52BrF2N6O10PS/c1-49(2,3)43(55-45(63)40-25-31-24-32(13-19-39(31)71-40)50(52,53)70(67,68)69)48(66)58-22-7-12-38(58)47(65)57(34-16-14-33(51)15-17-34)23-21-42(61)56-26-29(27-56)8-4-5-9-30-10-6-11-35-36(30)28-59(46(35)64)37-18-20-41(60)54-44(37)62/h6,10-11,13-17,19,24-25,29,37-38,43H,4,7-8,12,18,20-23,26-28H2,1-3H3,(H,55,63)(H,54,60,62)(H2,67,68,69). The van der Waals surface area contributed by atoms with Crippen molar-refractivity contribution in [3.63, 3.8) is 0 Å². The normalized spacial score (nSPS) is 18.9. The van der Waals surface area contributed by atoms with Crippen molar-refractivity contribution in [3.8, 4) is 11.8 Å². The van der Waals surface area contributed by atoms with E-state index in [9.17, 15) is 56.7 Å². The van der Waals surface area contributed by atoms with Gasteiger partial charge in [-0.25, -0.2) is 0 Å². The molecule has 4 aliphatic rings. The van der Waals surface area contributed by atoms with E-state index in [0.717, 1.165) is 39.9 Å². The number of halogens is 3. The van der Waals surface area contributed by atoms with Crippen molar-refractivity contribution in [1.29, 1.82) is 0 Å². The molecule has 3 atom stereocenters. The van der Waals surface area contributed by atoms with Gasteiger partial charge in [-0.15, -0.1) is 11.3 Å². The van der Waals surface area contributed by atoms with E-state index in [2.05, 4.69) is 38.4 Å². The second kappa shape index (κ2) is 20.3. The summed E-state index contributed by atoms with van der Waals surface area (Å²) in [6.07, 6.45) is 2.62. The Morgan fingerprint density at radius 3 is 2.44 bits per heavy atom. The minimum Gasteiger partial charge on any atom is -0.342 e. The van der Waals surface area contributed by atoms with Gasteiger partial charge in [-0.3, -0.25) is 43.4 Å². The molecule has 0 aliphatic carbocycles. The second-order valence-electron chi connectivity index (χ2n) is 19.4. The number of alkyl halides is 2. The summed E-state index contributed by atoms with van der Waals surface area (Å²) < 4.78 is 41.7. The van der Waals surface area contributed by atoms with E-state index in [1.165, 1.54) is 26.8 Å². The Bertz CT molecular complexity index is 2940. The Balaban J connectivity index is 0.877. The van der Waals surface area contributed by atoms with Crippen LogP contribution in [-0.2, 0) is 40.7 Å². The average Bonchev–Trinajstić information content (AvgIpc) is 4.05. The molecule has 16 nitrogen and oxygen atoms in total. The zero-order valence-corrected chi connectivity index (χ0v) is 42.4. The molecular formula is C50H52BrF2N6O10PS. The highest BCUT2D eigenvalue weighted by Gasteiger charge is 2.50. The van der Waals surface area contributed by atoms with Crippen LogP contribution in [0.4, 0.5) is 14.5 Å². The van der Waals surface area contributed by atoms with E-state index in [4.69, 9.17) is 0 Å². The van der Waals surface area contributed by atoms with E-state index in [0.29, 0.717) is 53.9 Å². The van der Waals surface area contributed by atoms with Gasteiger partial charge in [0.1, 0.15) is 18.1 Å². The van der Waals surface area contributed by atoms with Crippen LogP contribution in [-0.4, -0.2) is 110 Å². The van der Waals surface area contributed by atoms with Crippen LogP contribution in [0.2, 0.25) is 0 Å². The van der Waals surface area contributed by atoms with Gasteiger partial charge in [0.2, 0.25) is 29.5 Å². The topological polar surface area (TPSA) is 214 Å². The minimum absolute atomic E-state index is 0.0248. The lowest BCUT2D eigenvalue weighted by Gasteiger charge is -2.40. The molecule has 4 aliphatic heterocycles. The number of thiophene rings is 1. The first-order valence-corrected chi connectivity index (χ1v) is 26.4. The Morgan fingerprint density at radius 2 is 1.75 bits per heavy atom. The number of nitrogens with one attached hydrogen (secondary N) is 2. The van der Waals surface area contributed by atoms with Crippen molar-refractivity contribution in [1.82, 2.24) is 25.3 Å². The van der Waals surface area contributed by atoms with Gasteiger partial charge in [-0.1, -0.05) is 60.7 Å². The third-order valence-electron chi connectivity index (χ3n) is 13.4. The van der Waals surface area contributed by atoms with Crippen LogP contribution in [0.15, 0.2) is 71.2 Å². The summed E-state index contributed by atoms with van der Waals surface area (Å²) >= 11 is 4.40. The quantitative estimate of drug-likeness (QED) is 0.0648. The number of imide groups is 1. The highest BCUT2D eigenvalue weighted by Crippen LogP contribution is 2.59. The second-order valence-corrected chi connectivity index (χ2v) is 23.0. The molecule has 4 N–H and O–H groups in total. The van der Waals surface area contributed by atoms with Crippen molar-refractivity contribution in [2.75, 3.05) is 31.1 Å². The molecule has 3 aromatic carbocycles. The van der Waals surface area contributed by atoms with Crippen molar-refractivity contribution in [2.24, 2.45) is 11.3 Å². The molecule has 374 valence electrons. The van der Waals surface area contributed by atoms with Crippen LogP contribution in [0.1, 0.15) is 102 Å². The maximum atomic E-state index is 14.6. The largest absolute Gasteiger partial charge is 0.399 e. The predicted molar refractivity (Wildman–Crippen MR) is 263 cm³/mol. The van der Waals surface area contributed by atoms with Crippen LogP contribution in [0, 0.1) is 23.2 Å². The van der Waals surface area contributed by atoms with Crippen LogP contribution in [0.3, 0.4) is 0 Å². The SMILES string of the molecule is CC(C)(C)C(NC(=O)c1cc2cc(C(F)(F)P(=O)(O)O)ccc2s1)C(=O)N1CCCC1C(=O)N(CCC(=O)N1CC(CCC#Cc2cccc3c2CN(C2CCC(=O)NC2=O)C3=O)C1)c1ccc(Br)cc1. The van der Waals surface area contributed by atoms with Crippen LogP contribution >= 0.6 is 34.9 Å². The number of hydrogen-bond donors (Lipinski definition) is 4. The number of rotatable bonds is 13. The number of nitrogens with zero attached hydrogens (tertiary/aromatic N) is 4. The van der Waals surface area contributed by atoms with Crippen LogP contribution in [0.5, 0.6) is 0 Å².